The van der Waals surface area contributed by atoms with Gasteiger partial charge in [0, 0.05) is 28.4 Å². The summed E-state index contributed by atoms with van der Waals surface area (Å²) in [7, 11) is 6.50. The summed E-state index contributed by atoms with van der Waals surface area (Å²) in [5.74, 6) is -0.153. The van der Waals surface area contributed by atoms with Crippen molar-refractivity contribution in [1.29, 1.82) is 0 Å². The molecule has 2 rings (SSSR count). The molecule has 0 aliphatic carbocycles. The molecule has 29 heavy (non-hydrogen) atoms. The summed E-state index contributed by atoms with van der Waals surface area (Å²) in [6.07, 6.45) is 2.16. The number of rotatable bonds is 6. The number of esters is 1. The van der Waals surface area contributed by atoms with Gasteiger partial charge in [-0.05, 0) is 24.0 Å². The highest BCUT2D eigenvalue weighted by Gasteiger charge is 2.03. The van der Waals surface area contributed by atoms with E-state index >= 15 is 0 Å². The molecule has 0 heterocycles. The van der Waals surface area contributed by atoms with Crippen molar-refractivity contribution in [1.82, 2.24) is 0 Å². The number of methoxy groups -OCH3 is 2. The van der Waals surface area contributed by atoms with E-state index in [0.29, 0.717) is 13.0 Å². The lowest BCUT2D eigenvalue weighted by Crippen LogP contribution is -2.09. The van der Waals surface area contributed by atoms with Crippen LogP contribution in [0.25, 0.3) is 0 Å². The molecule has 0 saturated carbocycles. The van der Waals surface area contributed by atoms with E-state index in [1.807, 2.05) is 76.2 Å². The molecule has 0 saturated heterocycles. The van der Waals surface area contributed by atoms with Crippen molar-refractivity contribution in [3.63, 3.8) is 0 Å². The largest absolute Gasteiger partial charge is 0.465 e. The number of hydrogen-bond donors (Lipinski definition) is 0. The number of benzene rings is 2. The van der Waals surface area contributed by atoms with Crippen LogP contribution in [-0.4, -0.2) is 41.0 Å². The van der Waals surface area contributed by atoms with Crippen LogP contribution < -0.4 is 0 Å². The average Bonchev–Trinajstić information content (AvgIpc) is 2.77. The van der Waals surface area contributed by atoms with E-state index in [1.165, 1.54) is 5.56 Å². The second-order valence-corrected chi connectivity index (χ2v) is 5.29. The Morgan fingerprint density at radius 3 is 1.48 bits per heavy atom. The van der Waals surface area contributed by atoms with E-state index in [2.05, 4.69) is 21.6 Å². The van der Waals surface area contributed by atoms with Gasteiger partial charge in [0.2, 0.25) is 0 Å². The highest BCUT2D eigenvalue weighted by atomic mass is 16.5. The van der Waals surface area contributed by atoms with Gasteiger partial charge in [0.25, 0.3) is 0 Å². The lowest BCUT2D eigenvalue weighted by Gasteiger charge is -2.05. The molecular formula is C25H42O4. The summed E-state index contributed by atoms with van der Waals surface area (Å²) < 4.78 is 13.7. The fourth-order valence-electron chi connectivity index (χ4n) is 1.92. The van der Waals surface area contributed by atoms with Gasteiger partial charge in [-0.3, -0.25) is 4.79 Å². The molecule has 2 aromatic carbocycles. The van der Waals surface area contributed by atoms with Gasteiger partial charge >= 0.3 is 5.97 Å². The van der Waals surface area contributed by atoms with Crippen LogP contribution in [0.3, 0.4) is 0 Å². The van der Waals surface area contributed by atoms with Crippen molar-refractivity contribution in [3.05, 3.63) is 71.8 Å². The summed E-state index contributed by atoms with van der Waals surface area (Å²) in [4.78, 5) is 11.6. The van der Waals surface area contributed by atoms with Gasteiger partial charge in [-0.15, -0.1) is 0 Å². The summed E-state index contributed by atoms with van der Waals surface area (Å²) in [5.41, 5.74) is 2.28. The van der Waals surface area contributed by atoms with Gasteiger partial charge in [0.15, 0.2) is 0 Å². The zero-order chi connectivity index (χ0) is 22.8. The van der Waals surface area contributed by atoms with Crippen LogP contribution >= 0.6 is 0 Å². The van der Waals surface area contributed by atoms with Gasteiger partial charge in [-0.1, -0.05) is 88.4 Å². The number of carbonyl (C=O) groups is 1. The molecule has 0 bridgehead atoms. The van der Waals surface area contributed by atoms with Crippen LogP contribution in [0, 0.1) is 0 Å². The molecule has 0 aromatic heterocycles. The predicted molar refractivity (Wildman–Crippen MR) is 124 cm³/mol. The molecule has 2 aromatic rings. The van der Waals surface area contributed by atoms with Crippen molar-refractivity contribution >= 4 is 5.97 Å². The third-order valence-electron chi connectivity index (χ3n) is 2.91. The third kappa shape index (κ3) is 23.8. The number of aryl methyl sites for hydroxylation is 1. The molecule has 166 valence electrons. The highest BCUT2D eigenvalue weighted by molar-refractivity contribution is 5.72. The maximum atomic E-state index is 11.6. The minimum Gasteiger partial charge on any atom is -0.465 e. The number of carbonyl (C=O) groups excluding carboxylic acids is 1. The first-order valence-electron chi connectivity index (χ1n) is 10.2. The van der Waals surface area contributed by atoms with E-state index in [-0.39, 0.29) is 5.97 Å². The quantitative estimate of drug-likeness (QED) is 0.437. The third-order valence-corrected chi connectivity index (χ3v) is 2.91. The Bertz CT molecular complexity index is 525. The molecule has 0 fully saturated rings. The summed E-state index contributed by atoms with van der Waals surface area (Å²) in [5, 5.41) is 0. The van der Waals surface area contributed by atoms with E-state index in [1.54, 1.807) is 28.4 Å². The van der Waals surface area contributed by atoms with Crippen LogP contribution in [0.2, 0.25) is 0 Å². The highest BCUT2D eigenvalue weighted by Crippen LogP contribution is 2.04. The Labute approximate surface area is 179 Å². The molecule has 4 nitrogen and oxygen atoms in total. The minimum atomic E-state index is -0.153. The zero-order valence-electron chi connectivity index (χ0n) is 19.7. The fourth-order valence-corrected chi connectivity index (χ4v) is 1.92. The van der Waals surface area contributed by atoms with E-state index in [4.69, 9.17) is 4.74 Å². The van der Waals surface area contributed by atoms with Crippen molar-refractivity contribution in [3.8, 4) is 0 Å². The second-order valence-electron chi connectivity index (χ2n) is 5.29. The van der Waals surface area contributed by atoms with Crippen LogP contribution in [0.15, 0.2) is 60.7 Å². The van der Waals surface area contributed by atoms with Gasteiger partial charge in [-0.2, -0.15) is 0 Å². The second kappa shape index (κ2) is 28.0. The Morgan fingerprint density at radius 2 is 1.07 bits per heavy atom. The summed E-state index contributed by atoms with van der Waals surface area (Å²) >= 11 is 0. The van der Waals surface area contributed by atoms with E-state index < -0.39 is 0 Å². The minimum absolute atomic E-state index is 0.153. The molecule has 0 aliphatic rings. The Kier molecular flexibility index (Phi) is 30.5. The molecular weight excluding hydrogens is 364 g/mol. The molecule has 0 N–H and O–H groups in total. The number of hydrogen-bond acceptors (Lipinski definition) is 4. The van der Waals surface area contributed by atoms with Crippen LogP contribution in [-0.2, 0) is 31.8 Å². The molecule has 0 unspecified atom stereocenters. The normalized spacial score (nSPS) is 8.28. The lowest BCUT2D eigenvalue weighted by molar-refractivity contribution is -0.142. The summed E-state index contributed by atoms with van der Waals surface area (Å²) in [6, 6.07) is 19.9. The van der Waals surface area contributed by atoms with E-state index in [0.717, 1.165) is 18.4 Å². The van der Waals surface area contributed by atoms with Crippen molar-refractivity contribution in [2.24, 2.45) is 0 Å². The molecule has 0 aliphatic heterocycles. The standard InChI is InChI=1S/C17H18O2.2C2H6O.2C2H6/c18-17(14-16-10-5-2-6-11-16)19-13-7-12-15-8-3-1-4-9-15;2*1-3-2;2*1-2/h1-6,8-11H,7,12-14H2;2*1-2H3;2*1-2H3. The smallest absolute Gasteiger partial charge is 0.310 e. The number of ether oxygens (including phenoxy) is 3. The van der Waals surface area contributed by atoms with Crippen LogP contribution in [0.1, 0.15) is 45.2 Å². The molecule has 4 heteroatoms. The summed E-state index contributed by atoms with van der Waals surface area (Å²) in [6.45, 7) is 8.49. The topological polar surface area (TPSA) is 44.8 Å². The van der Waals surface area contributed by atoms with Gasteiger partial charge in [-0.25, -0.2) is 0 Å². The van der Waals surface area contributed by atoms with Crippen LogP contribution in [0.5, 0.6) is 0 Å². The first kappa shape index (κ1) is 31.5. The SMILES string of the molecule is CC.CC.COC.COC.O=C(Cc1ccccc1)OCCCc1ccccc1. The van der Waals surface area contributed by atoms with Crippen LogP contribution in [0.4, 0.5) is 0 Å². The molecule has 0 spiro atoms. The maximum absolute atomic E-state index is 11.6. The zero-order valence-corrected chi connectivity index (χ0v) is 19.7. The predicted octanol–water partition coefficient (Wildman–Crippen LogP) is 5.98. The van der Waals surface area contributed by atoms with Crippen molar-refractivity contribution in [2.45, 2.75) is 47.0 Å². The van der Waals surface area contributed by atoms with Gasteiger partial charge in [0.1, 0.15) is 0 Å². The van der Waals surface area contributed by atoms with Crippen molar-refractivity contribution in [2.75, 3.05) is 35.0 Å². The Balaban J connectivity index is -0.000000579. The first-order chi connectivity index (χ1) is 14.2. The molecule has 0 radical (unpaired) electrons. The van der Waals surface area contributed by atoms with Gasteiger partial charge < -0.3 is 14.2 Å². The molecule has 0 amide bonds. The van der Waals surface area contributed by atoms with Crippen molar-refractivity contribution < 1.29 is 19.0 Å². The maximum Gasteiger partial charge on any atom is 0.310 e. The van der Waals surface area contributed by atoms with E-state index in [9.17, 15) is 4.79 Å². The molecule has 0 atom stereocenters. The lowest BCUT2D eigenvalue weighted by atomic mass is 10.1. The Morgan fingerprint density at radius 1 is 0.690 bits per heavy atom. The van der Waals surface area contributed by atoms with Gasteiger partial charge in [0.05, 0.1) is 13.0 Å². The Hall–Kier alpha value is -2.17. The fraction of sp³-hybridized carbons (Fsp3) is 0.480. The average molecular weight is 407 g/mol. The first-order valence-corrected chi connectivity index (χ1v) is 10.2. The monoisotopic (exact) mass is 406 g/mol.